The lowest BCUT2D eigenvalue weighted by Gasteiger charge is -2.12. The summed E-state index contributed by atoms with van der Waals surface area (Å²) in [5, 5.41) is 11.5. The summed E-state index contributed by atoms with van der Waals surface area (Å²) in [6, 6.07) is 13.7. The molecule has 4 N–H and O–H groups in total. The maximum atomic E-state index is 12.3. The molecule has 1 atom stereocenters. The molecule has 1 aliphatic rings. The molecular formula is C25H32N4O5. The highest BCUT2D eigenvalue weighted by atomic mass is 16.5. The Labute approximate surface area is 199 Å². The molecule has 3 rings (SSSR count). The molecular weight excluding hydrogens is 436 g/mol. The van der Waals surface area contributed by atoms with Crippen molar-refractivity contribution in [2.24, 2.45) is 0 Å². The van der Waals surface area contributed by atoms with E-state index in [1.807, 2.05) is 0 Å². The van der Waals surface area contributed by atoms with Crippen LogP contribution in [0.15, 0.2) is 48.5 Å². The van der Waals surface area contributed by atoms with Gasteiger partial charge < -0.3 is 30.7 Å². The Kier molecular flexibility index (Phi) is 9.87. The fourth-order valence-electron chi connectivity index (χ4n) is 3.50. The van der Waals surface area contributed by atoms with Crippen LogP contribution in [0, 0.1) is 0 Å². The van der Waals surface area contributed by atoms with Gasteiger partial charge in [-0.05, 0) is 61.7 Å². The number of amides is 3. The lowest BCUT2D eigenvalue weighted by molar-refractivity contribution is -0.114. The molecule has 3 amide bonds. The summed E-state index contributed by atoms with van der Waals surface area (Å²) in [6.45, 7) is 2.40. The fourth-order valence-corrected chi connectivity index (χ4v) is 3.50. The van der Waals surface area contributed by atoms with Crippen LogP contribution in [0.3, 0.4) is 0 Å². The van der Waals surface area contributed by atoms with Gasteiger partial charge in [0.2, 0.25) is 5.91 Å². The van der Waals surface area contributed by atoms with Crippen molar-refractivity contribution in [2.45, 2.75) is 25.4 Å². The molecule has 1 fully saturated rings. The van der Waals surface area contributed by atoms with Gasteiger partial charge in [-0.15, -0.1) is 0 Å². The number of hydrogen-bond acceptors (Lipinski definition) is 6. The van der Waals surface area contributed by atoms with Crippen LogP contribution < -0.4 is 21.3 Å². The van der Waals surface area contributed by atoms with Crippen molar-refractivity contribution in [1.29, 1.82) is 0 Å². The maximum absolute atomic E-state index is 12.3. The predicted octanol–water partition coefficient (Wildman–Crippen LogP) is 2.41. The summed E-state index contributed by atoms with van der Waals surface area (Å²) in [6.07, 6.45) is 2.82. The first-order valence-electron chi connectivity index (χ1n) is 11.5. The van der Waals surface area contributed by atoms with E-state index in [1.165, 1.54) is 0 Å². The topological polar surface area (TPSA) is 118 Å². The van der Waals surface area contributed by atoms with Gasteiger partial charge in [-0.2, -0.15) is 0 Å². The molecule has 1 saturated heterocycles. The smallest absolute Gasteiger partial charge is 0.251 e. The molecule has 2 aromatic carbocycles. The third-order valence-corrected chi connectivity index (χ3v) is 5.33. The van der Waals surface area contributed by atoms with Gasteiger partial charge in [0.1, 0.15) is 0 Å². The minimum absolute atomic E-state index is 0.0303. The van der Waals surface area contributed by atoms with Crippen molar-refractivity contribution in [2.75, 3.05) is 50.6 Å². The summed E-state index contributed by atoms with van der Waals surface area (Å²) in [5.74, 6) is -0.591. The van der Waals surface area contributed by atoms with Crippen molar-refractivity contribution in [3.63, 3.8) is 0 Å². The molecule has 9 heteroatoms. The summed E-state index contributed by atoms with van der Waals surface area (Å²) < 4.78 is 10.5. The molecule has 0 saturated carbocycles. The van der Waals surface area contributed by atoms with Gasteiger partial charge in [0.15, 0.2) is 0 Å². The van der Waals surface area contributed by atoms with Gasteiger partial charge in [0.05, 0.1) is 12.6 Å². The summed E-state index contributed by atoms with van der Waals surface area (Å²) in [5.41, 5.74) is 2.28. The van der Waals surface area contributed by atoms with Crippen molar-refractivity contribution < 1.29 is 23.9 Å². The van der Waals surface area contributed by atoms with E-state index >= 15 is 0 Å². The molecule has 9 nitrogen and oxygen atoms in total. The normalized spacial score (nSPS) is 14.9. The van der Waals surface area contributed by atoms with Crippen molar-refractivity contribution in [3.8, 4) is 0 Å². The van der Waals surface area contributed by atoms with E-state index < -0.39 is 0 Å². The highest BCUT2D eigenvalue weighted by Crippen LogP contribution is 2.13. The maximum Gasteiger partial charge on any atom is 0.251 e. The van der Waals surface area contributed by atoms with Crippen LogP contribution in [0.25, 0.3) is 0 Å². The van der Waals surface area contributed by atoms with E-state index in [0.717, 1.165) is 25.9 Å². The Morgan fingerprint density at radius 1 is 1.00 bits per heavy atom. The van der Waals surface area contributed by atoms with E-state index in [9.17, 15) is 14.4 Å². The number of methoxy groups -OCH3 is 1. The number of rotatable bonds is 12. The van der Waals surface area contributed by atoms with E-state index in [4.69, 9.17) is 9.47 Å². The Balaban J connectivity index is 1.42. The quantitative estimate of drug-likeness (QED) is 0.356. The summed E-state index contributed by atoms with van der Waals surface area (Å²) in [7, 11) is 1.62. The average Bonchev–Trinajstić information content (AvgIpc) is 3.38. The largest absolute Gasteiger partial charge is 0.385 e. The predicted molar refractivity (Wildman–Crippen MR) is 130 cm³/mol. The zero-order chi connectivity index (χ0) is 24.2. The first-order chi connectivity index (χ1) is 16.5. The van der Waals surface area contributed by atoms with Gasteiger partial charge >= 0.3 is 0 Å². The van der Waals surface area contributed by atoms with Crippen molar-refractivity contribution >= 4 is 29.1 Å². The average molecular weight is 469 g/mol. The van der Waals surface area contributed by atoms with Crippen molar-refractivity contribution in [3.05, 3.63) is 59.7 Å². The number of carbonyl (C=O) groups excluding carboxylic acids is 3. The van der Waals surface area contributed by atoms with Crippen LogP contribution in [0.4, 0.5) is 11.4 Å². The highest BCUT2D eigenvalue weighted by Gasteiger charge is 2.16. The molecule has 2 aromatic rings. The third kappa shape index (κ3) is 8.17. The number of carbonyl (C=O) groups is 3. The Morgan fingerprint density at radius 2 is 1.79 bits per heavy atom. The monoisotopic (exact) mass is 468 g/mol. The minimum Gasteiger partial charge on any atom is -0.385 e. The first-order valence-corrected chi connectivity index (χ1v) is 11.5. The summed E-state index contributed by atoms with van der Waals surface area (Å²) in [4.78, 5) is 36.8. The summed E-state index contributed by atoms with van der Waals surface area (Å²) >= 11 is 0. The Bertz CT molecular complexity index is 958. The number of hydrogen-bond donors (Lipinski definition) is 4. The van der Waals surface area contributed by atoms with Gasteiger partial charge in [-0.25, -0.2) is 0 Å². The third-order valence-electron chi connectivity index (χ3n) is 5.33. The zero-order valence-electron chi connectivity index (χ0n) is 19.4. The van der Waals surface area contributed by atoms with E-state index in [0.29, 0.717) is 42.2 Å². The molecule has 1 heterocycles. The zero-order valence-corrected chi connectivity index (χ0v) is 19.4. The number of anilines is 2. The van der Waals surface area contributed by atoms with Gasteiger partial charge in [-0.3, -0.25) is 14.4 Å². The molecule has 0 aliphatic carbocycles. The number of nitrogens with one attached hydrogen (secondary N) is 4. The second-order valence-electron chi connectivity index (χ2n) is 8.01. The highest BCUT2D eigenvalue weighted by molar-refractivity contribution is 5.97. The van der Waals surface area contributed by atoms with E-state index in [1.54, 1.807) is 55.6 Å². The van der Waals surface area contributed by atoms with Gasteiger partial charge in [0.25, 0.3) is 11.8 Å². The molecule has 0 spiro atoms. The molecule has 1 aliphatic heterocycles. The number of ether oxygens (including phenoxy) is 2. The molecule has 182 valence electrons. The van der Waals surface area contributed by atoms with Crippen LogP contribution in [-0.2, 0) is 14.3 Å². The fraction of sp³-hybridized carbons (Fsp3) is 0.400. The van der Waals surface area contributed by atoms with Gasteiger partial charge in [-0.1, -0.05) is 6.07 Å². The number of benzene rings is 2. The molecule has 0 aromatic heterocycles. The van der Waals surface area contributed by atoms with E-state index in [-0.39, 0.29) is 30.4 Å². The molecule has 34 heavy (non-hydrogen) atoms. The standard InChI is InChI=1S/C25H32N4O5/c1-33-13-4-12-26-25(32)19-5-2-6-21(15-19)27-17-23(30)29-20-10-8-18(9-11-20)24(31)28-16-22-7-3-14-34-22/h2,5-6,8-11,15,22,27H,3-4,7,12-14,16-17H2,1H3,(H,26,32)(H,28,31)(H,29,30). The lowest BCUT2D eigenvalue weighted by Crippen LogP contribution is -2.31. The minimum atomic E-state index is -0.245. The lowest BCUT2D eigenvalue weighted by atomic mass is 10.1. The van der Waals surface area contributed by atoms with Crippen molar-refractivity contribution in [1.82, 2.24) is 10.6 Å². The SMILES string of the molecule is COCCCNC(=O)c1cccc(NCC(=O)Nc2ccc(C(=O)NCC3CCCO3)cc2)c1. The molecule has 0 bridgehead atoms. The van der Waals surface area contributed by atoms with Crippen LogP contribution in [0.5, 0.6) is 0 Å². The van der Waals surface area contributed by atoms with Crippen LogP contribution in [0.2, 0.25) is 0 Å². The van der Waals surface area contributed by atoms with E-state index in [2.05, 4.69) is 21.3 Å². The first kappa shape index (κ1) is 25.2. The Hall–Kier alpha value is -3.43. The second-order valence-corrected chi connectivity index (χ2v) is 8.01. The van der Waals surface area contributed by atoms with Crippen LogP contribution in [0.1, 0.15) is 40.0 Å². The van der Waals surface area contributed by atoms with Crippen LogP contribution >= 0.6 is 0 Å². The Morgan fingerprint density at radius 3 is 2.53 bits per heavy atom. The van der Waals surface area contributed by atoms with Crippen LogP contribution in [-0.4, -0.2) is 63.8 Å². The van der Waals surface area contributed by atoms with Gasteiger partial charge in [0, 0.05) is 55.9 Å². The molecule has 0 radical (unpaired) electrons. The second kappa shape index (κ2) is 13.3. The molecule has 1 unspecified atom stereocenters.